The molecule has 134 valence electrons. The highest BCUT2D eigenvalue weighted by Gasteiger charge is 2.48. The molecule has 5 rings (SSSR count). The molecule has 2 aromatic heterocycles. The van der Waals surface area contributed by atoms with Gasteiger partial charge in [-0.15, -0.1) is 0 Å². The second kappa shape index (κ2) is 7.07. The molecule has 0 unspecified atom stereocenters. The number of nitrogens with zero attached hydrogens (tertiary/aromatic N) is 1. The molecule has 0 spiro atoms. The van der Waals surface area contributed by atoms with Crippen LogP contribution in [0.25, 0.3) is 10.9 Å². The Balaban J connectivity index is 1.92. The number of rotatable bonds is 4. The fourth-order valence-corrected chi connectivity index (χ4v) is 8.21. The van der Waals surface area contributed by atoms with Crippen molar-refractivity contribution in [1.82, 2.24) is 9.97 Å². The molecule has 0 aliphatic rings. The molecular weight excluding hydrogens is 359 g/mol. The summed E-state index contributed by atoms with van der Waals surface area (Å²) < 4.78 is 0. The van der Waals surface area contributed by atoms with Crippen molar-refractivity contribution in [2.24, 2.45) is 0 Å². The van der Waals surface area contributed by atoms with Crippen LogP contribution >= 0.6 is 7.26 Å². The van der Waals surface area contributed by atoms with E-state index >= 15 is 0 Å². The molecule has 0 radical (unpaired) electrons. The zero-order valence-corrected chi connectivity index (χ0v) is 16.3. The monoisotopic (exact) mass is 379 g/mol. The fraction of sp³-hybridized carbons (Fsp3) is 0. The predicted octanol–water partition coefficient (Wildman–Crippen LogP) is 4.18. The van der Waals surface area contributed by atoms with Gasteiger partial charge in [-0.1, -0.05) is 36.4 Å². The highest BCUT2D eigenvalue weighted by atomic mass is 31.2. The molecule has 0 bridgehead atoms. The standard InChI is InChI=1S/C25H20N2P/c1-3-8-21(9-4-1)28(22-10-5-2-6-11-22,24-12-7-16-26-19-24)23-13-14-25-20(18-23)15-17-27-25/h1-19,27H/q+1. The third-order valence-corrected chi connectivity index (χ3v) is 9.48. The topological polar surface area (TPSA) is 28.7 Å². The lowest BCUT2D eigenvalue weighted by molar-refractivity contribution is 1.35. The Kier molecular flexibility index (Phi) is 4.27. The van der Waals surface area contributed by atoms with E-state index in [1.54, 1.807) is 0 Å². The van der Waals surface area contributed by atoms with Gasteiger partial charge in [0.05, 0.1) is 6.20 Å². The Morgan fingerprint density at radius 2 is 1.29 bits per heavy atom. The van der Waals surface area contributed by atoms with E-state index in [1.807, 2.05) is 24.7 Å². The number of aromatic nitrogens is 2. The summed E-state index contributed by atoms with van der Waals surface area (Å²) in [5.41, 5.74) is 1.16. The van der Waals surface area contributed by atoms with Crippen LogP contribution in [0.1, 0.15) is 0 Å². The first-order chi connectivity index (χ1) is 13.9. The van der Waals surface area contributed by atoms with E-state index in [9.17, 15) is 0 Å². The van der Waals surface area contributed by atoms with Gasteiger partial charge in [0.15, 0.2) is 0 Å². The van der Waals surface area contributed by atoms with Gasteiger partial charge in [0.25, 0.3) is 0 Å². The number of H-pyrrole nitrogens is 1. The van der Waals surface area contributed by atoms with E-state index in [4.69, 9.17) is 0 Å². The largest absolute Gasteiger partial charge is 0.361 e. The summed E-state index contributed by atoms with van der Waals surface area (Å²) in [5, 5.41) is 6.51. The van der Waals surface area contributed by atoms with E-state index in [2.05, 4.69) is 101 Å². The molecule has 2 heterocycles. The van der Waals surface area contributed by atoms with Crippen LogP contribution in [0.4, 0.5) is 0 Å². The minimum absolute atomic E-state index is 1.16. The maximum absolute atomic E-state index is 4.50. The lowest BCUT2D eigenvalue weighted by Crippen LogP contribution is -2.38. The van der Waals surface area contributed by atoms with Gasteiger partial charge < -0.3 is 4.98 Å². The van der Waals surface area contributed by atoms with Gasteiger partial charge in [-0.2, -0.15) is 0 Å². The zero-order valence-electron chi connectivity index (χ0n) is 15.4. The Morgan fingerprint density at radius 3 is 1.93 bits per heavy atom. The first-order valence-electron chi connectivity index (χ1n) is 9.37. The molecule has 0 saturated carbocycles. The van der Waals surface area contributed by atoms with E-state index in [0.717, 1.165) is 5.52 Å². The Bertz CT molecular complexity index is 1100. The Labute approximate surface area is 165 Å². The van der Waals surface area contributed by atoms with Crippen LogP contribution in [0.15, 0.2) is 116 Å². The van der Waals surface area contributed by atoms with Gasteiger partial charge in [0.2, 0.25) is 0 Å². The number of pyridine rings is 1. The molecule has 28 heavy (non-hydrogen) atoms. The highest BCUT2D eigenvalue weighted by Crippen LogP contribution is 2.54. The smallest absolute Gasteiger partial charge is 0.145 e. The average Bonchev–Trinajstić information content (AvgIpc) is 3.25. The summed E-state index contributed by atoms with van der Waals surface area (Å²) in [6, 6.07) is 35.0. The number of benzene rings is 3. The van der Waals surface area contributed by atoms with Crippen LogP contribution in [0.5, 0.6) is 0 Å². The molecule has 0 amide bonds. The zero-order chi connectivity index (χ0) is 18.8. The third kappa shape index (κ3) is 2.66. The van der Waals surface area contributed by atoms with E-state index < -0.39 is 7.26 Å². The van der Waals surface area contributed by atoms with Crippen molar-refractivity contribution in [3.63, 3.8) is 0 Å². The Hall–Kier alpha value is -3.22. The maximum atomic E-state index is 4.50. The van der Waals surface area contributed by atoms with Crippen molar-refractivity contribution in [1.29, 1.82) is 0 Å². The van der Waals surface area contributed by atoms with Crippen molar-refractivity contribution in [2.75, 3.05) is 0 Å². The summed E-state index contributed by atoms with van der Waals surface area (Å²) in [5.74, 6) is 0. The first-order valence-corrected chi connectivity index (χ1v) is 11.2. The molecule has 5 aromatic rings. The van der Waals surface area contributed by atoms with Crippen LogP contribution in [-0.4, -0.2) is 9.97 Å². The number of aromatic amines is 1. The molecule has 3 aromatic carbocycles. The number of hydrogen-bond donors (Lipinski definition) is 1. The van der Waals surface area contributed by atoms with Crippen LogP contribution in [-0.2, 0) is 0 Å². The first kappa shape index (κ1) is 16.9. The summed E-state index contributed by atoms with van der Waals surface area (Å²) in [7, 11) is -2.06. The van der Waals surface area contributed by atoms with Crippen molar-refractivity contribution < 1.29 is 0 Å². The van der Waals surface area contributed by atoms with Crippen molar-refractivity contribution in [3.05, 3.63) is 116 Å². The van der Waals surface area contributed by atoms with E-state index in [-0.39, 0.29) is 0 Å². The van der Waals surface area contributed by atoms with Gasteiger partial charge in [-0.05, 0) is 60.7 Å². The highest BCUT2D eigenvalue weighted by molar-refractivity contribution is 8.01. The maximum Gasteiger partial charge on any atom is 0.145 e. The predicted molar refractivity (Wildman–Crippen MR) is 121 cm³/mol. The van der Waals surface area contributed by atoms with Gasteiger partial charge in [-0.25, -0.2) is 0 Å². The summed E-state index contributed by atoms with van der Waals surface area (Å²) in [6.45, 7) is 0. The molecule has 2 nitrogen and oxygen atoms in total. The third-order valence-electron chi connectivity index (χ3n) is 5.24. The summed E-state index contributed by atoms with van der Waals surface area (Å²) in [4.78, 5) is 7.82. The second-order valence-corrected chi connectivity index (χ2v) is 10.2. The minimum atomic E-state index is -2.06. The molecule has 3 heteroatoms. The molecule has 1 N–H and O–H groups in total. The van der Waals surface area contributed by atoms with Gasteiger partial charge in [0.1, 0.15) is 28.5 Å². The minimum Gasteiger partial charge on any atom is -0.361 e. The summed E-state index contributed by atoms with van der Waals surface area (Å²) >= 11 is 0. The van der Waals surface area contributed by atoms with Gasteiger partial charge >= 0.3 is 0 Å². The lowest BCUT2D eigenvalue weighted by atomic mass is 10.2. The molecule has 0 atom stereocenters. The van der Waals surface area contributed by atoms with Crippen molar-refractivity contribution in [3.8, 4) is 0 Å². The van der Waals surface area contributed by atoms with Crippen LogP contribution in [0.3, 0.4) is 0 Å². The molecule has 0 fully saturated rings. The quantitative estimate of drug-likeness (QED) is 0.466. The average molecular weight is 379 g/mol. The number of nitrogens with one attached hydrogen (secondary N) is 1. The molecular formula is C25H20N2P+. The van der Waals surface area contributed by atoms with Crippen LogP contribution in [0, 0.1) is 0 Å². The number of fused-ring (bicyclic) bond motifs is 1. The van der Waals surface area contributed by atoms with Gasteiger partial charge in [-0.3, -0.25) is 4.98 Å². The molecule has 0 aliphatic carbocycles. The van der Waals surface area contributed by atoms with E-state index in [0.29, 0.717) is 0 Å². The second-order valence-electron chi connectivity index (χ2n) is 6.80. The SMILES string of the molecule is c1ccc([P+](c2ccccc2)(c2cccnc2)c2ccc3[nH]ccc3c2)cc1. The van der Waals surface area contributed by atoms with Gasteiger partial charge in [0, 0.05) is 23.3 Å². The molecule has 0 aliphatic heterocycles. The van der Waals surface area contributed by atoms with Crippen molar-refractivity contribution >= 4 is 39.4 Å². The fourth-order valence-electron chi connectivity index (χ4n) is 4.00. The molecule has 0 saturated heterocycles. The lowest BCUT2D eigenvalue weighted by Gasteiger charge is -2.27. The Morgan fingerprint density at radius 1 is 0.607 bits per heavy atom. The van der Waals surface area contributed by atoms with Crippen LogP contribution in [0.2, 0.25) is 0 Å². The van der Waals surface area contributed by atoms with E-state index in [1.165, 1.54) is 26.6 Å². The normalized spacial score (nSPS) is 11.6. The summed E-state index contributed by atoms with van der Waals surface area (Å²) in [6.07, 6.45) is 5.89. The number of hydrogen-bond acceptors (Lipinski definition) is 1. The van der Waals surface area contributed by atoms with Crippen molar-refractivity contribution in [2.45, 2.75) is 0 Å². The van der Waals surface area contributed by atoms with Crippen LogP contribution < -0.4 is 21.2 Å².